The molecule has 0 unspecified atom stereocenters. The molecule has 0 bridgehead atoms. The molecule has 0 amide bonds. The molecule has 0 N–H and O–H groups in total. The smallest absolute Gasteiger partial charge is 0.261 e. The second-order valence-electron chi connectivity index (χ2n) is 6.48. The molecule has 0 saturated carbocycles. The van der Waals surface area contributed by atoms with E-state index >= 15 is 0 Å². The Hall–Kier alpha value is -4.80. The maximum atomic E-state index is 10.9. The van der Waals surface area contributed by atoms with E-state index in [9.17, 15) is 30.3 Å². The summed E-state index contributed by atoms with van der Waals surface area (Å²) in [6, 6.07) is 17.3. The second kappa shape index (κ2) is 9.80. The lowest BCUT2D eigenvalue weighted by molar-refractivity contribution is -0.385. The Morgan fingerprint density at radius 2 is 0.875 bits per heavy atom. The van der Waals surface area contributed by atoms with Gasteiger partial charge in [-0.15, -0.1) is 0 Å². The summed E-state index contributed by atoms with van der Waals surface area (Å²) in [5, 5.41) is 32.5. The van der Waals surface area contributed by atoms with Crippen LogP contribution in [-0.4, -0.2) is 27.2 Å². The van der Waals surface area contributed by atoms with Crippen molar-refractivity contribution < 1.29 is 14.8 Å². The Kier molecular flexibility index (Phi) is 6.71. The zero-order valence-electron chi connectivity index (χ0n) is 16.3. The average Bonchev–Trinajstić information content (AvgIpc) is 2.79. The van der Waals surface area contributed by atoms with Gasteiger partial charge in [-0.2, -0.15) is 0 Å². The first-order valence-corrected chi connectivity index (χ1v) is 9.13. The molecular weight excluding hydrogens is 418 g/mol. The first-order chi connectivity index (χ1) is 15.3. The number of nitro benzene ring substituents is 3. The summed E-state index contributed by atoms with van der Waals surface area (Å²) in [5.74, 6) is 0. The van der Waals surface area contributed by atoms with E-state index in [-0.39, 0.29) is 17.1 Å². The Balaban J connectivity index is 1.88. The normalized spacial score (nSPS) is 12.1. The summed E-state index contributed by atoms with van der Waals surface area (Å²) >= 11 is 0. The Morgan fingerprint density at radius 1 is 0.562 bits per heavy atom. The van der Waals surface area contributed by atoms with Crippen molar-refractivity contribution in [3.8, 4) is 0 Å². The van der Waals surface area contributed by atoms with Crippen molar-refractivity contribution >= 4 is 29.5 Å². The maximum absolute atomic E-state index is 10.9. The van der Waals surface area contributed by atoms with Gasteiger partial charge in [-0.25, -0.2) is 0 Å². The molecule has 0 aromatic heterocycles. The van der Waals surface area contributed by atoms with Gasteiger partial charge in [0.25, 0.3) is 17.1 Å². The first kappa shape index (κ1) is 21.9. The Morgan fingerprint density at radius 3 is 1.19 bits per heavy atom. The molecule has 0 atom stereocenters. The van der Waals surface area contributed by atoms with E-state index in [1.165, 1.54) is 85.2 Å². The van der Waals surface area contributed by atoms with Crippen LogP contribution in [0.3, 0.4) is 0 Å². The molecule has 0 saturated heterocycles. The number of nitrogens with zero attached hydrogens (tertiary/aromatic N) is 5. The lowest BCUT2D eigenvalue weighted by atomic mass is 10.1. The lowest BCUT2D eigenvalue weighted by Crippen LogP contribution is -1.97. The fourth-order valence-corrected chi connectivity index (χ4v) is 2.66. The molecule has 0 radical (unpaired) electrons. The van der Waals surface area contributed by atoms with E-state index in [2.05, 4.69) is 9.98 Å². The van der Waals surface area contributed by atoms with E-state index in [0.717, 1.165) is 0 Å². The molecule has 0 aliphatic heterocycles. The third-order valence-electron chi connectivity index (χ3n) is 4.34. The van der Waals surface area contributed by atoms with Gasteiger partial charge < -0.3 is 0 Å². The molecule has 3 rings (SSSR count). The van der Waals surface area contributed by atoms with Gasteiger partial charge in [-0.05, 0) is 53.1 Å². The molecule has 160 valence electrons. The maximum Gasteiger partial charge on any atom is 0.269 e. The predicted molar refractivity (Wildman–Crippen MR) is 117 cm³/mol. The summed E-state index contributed by atoms with van der Waals surface area (Å²) < 4.78 is 0. The van der Waals surface area contributed by atoms with Gasteiger partial charge >= 0.3 is 0 Å². The molecule has 0 heterocycles. The van der Waals surface area contributed by atoms with Crippen LogP contribution in [-0.2, 0) is 0 Å². The van der Waals surface area contributed by atoms with Crippen molar-refractivity contribution in [2.24, 2.45) is 9.98 Å². The van der Waals surface area contributed by atoms with Gasteiger partial charge in [0.1, 0.15) is 0 Å². The van der Waals surface area contributed by atoms with E-state index in [1.807, 2.05) is 0 Å². The summed E-state index contributed by atoms with van der Waals surface area (Å²) in [4.78, 5) is 39.8. The van der Waals surface area contributed by atoms with Gasteiger partial charge in [-0.3, -0.25) is 40.3 Å². The molecule has 3 aromatic carbocycles. The number of aliphatic imine (C=N–C) groups is 2. The van der Waals surface area contributed by atoms with E-state index in [0.29, 0.717) is 16.7 Å². The monoisotopic (exact) mass is 433 g/mol. The molecule has 11 heteroatoms. The van der Waals surface area contributed by atoms with Crippen LogP contribution >= 0.6 is 0 Å². The number of benzene rings is 3. The fraction of sp³-hybridized carbons (Fsp3) is 0.0476. The van der Waals surface area contributed by atoms with Gasteiger partial charge in [0, 0.05) is 48.8 Å². The van der Waals surface area contributed by atoms with Crippen LogP contribution in [0.15, 0.2) is 82.8 Å². The van der Waals surface area contributed by atoms with Crippen molar-refractivity contribution in [3.05, 3.63) is 120 Å². The lowest BCUT2D eigenvalue weighted by Gasteiger charge is -2.08. The van der Waals surface area contributed by atoms with E-state index in [1.54, 1.807) is 0 Å². The van der Waals surface area contributed by atoms with E-state index < -0.39 is 20.9 Å². The standard InChI is InChI=1S/C21H15N5O6/c27-24(28)18-7-1-15(2-8-18)13-22-21(17-5-11-20(12-6-17)26(31)32)23-14-16-3-9-19(10-4-16)25(29)30/h1-14,21H. The minimum Gasteiger partial charge on any atom is -0.261 e. The van der Waals surface area contributed by atoms with E-state index in [4.69, 9.17) is 0 Å². The third-order valence-corrected chi connectivity index (χ3v) is 4.34. The zero-order chi connectivity index (χ0) is 23.1. The van der Waals surface area contributed by atoms with Crippen LogP contribution < -0.4 is 0 Å². The van der Waals surface area contributed by atoms with Crippen molar-refractivity contribution in [3.63, 3.8) is 0 Å². The highest BCUT2D eigenvalue weighted by Gasteiger charge is 2.11. The van der Waals surface area contributed by atoms with Gasteiger partial charge in [0.15, 0.2) is 6.17 Å². The van der Waals surface area contributed by atoms with Crippen molar-refractivity contribution in [1.29, 1.82) is 0 Å². The molecule has 3 aromatic rings. The van der Waals surface area contributed by atoms with Gasteiger partial charge in [-0.1, -0.05) is 0 Å². The van der Waals surface area contributed by atoms with Crippen molar-refractivity contribution in [1.82, 2.24) is 0 Å². The zero-order valence-corrected chi connectivity index (χ0v) is 16.3. The van der Waals surface area contributed by atoms with Crippen LogP contribution in [0, 0.1) is 30.3 Å². The number of nitro groups is 3. The molecule has 0 aliphatic carbocycles. The molecule has 0 fully saturated rings. The number of hydrogen-bond acceptors (Lipinski definition) is 8. The molecule has 11 nitrogen and oxygen atoms in total. The molecule has 0 aliphatic rings. The summed E-state index contributed by atoms with van der Waals surface area (Å²) in [6.07, 6.45) is 2.22. The van der Waals surface area contributed by atoms with Crippen molar-refractivity contribution in [2.75, 3.05) is 0 Å². The van der Waals surface area contributed by atoms with Gasteiger partial charge in [0.2, 0.25) is 0 Å². The van der Waals surface area contributed by atoms with Crippen LogP contribution in [0.2, 0.25) is 0 Å². The van der Waals surface area contributed by atoms with Crippen LogP contribution in [0.25, 0.3) is 0 Å². The highest BCUT2D eigenvalue weighted by atomic mass is 16.6. The summed E-state index contributed by atoms with van der Waals surface area (Å²) in [7, 11) is 0. The van der Waals surface area contributed by atoms with Crippen molar-refractivity contribution in [2.45, 2.75) is 6.17 Å². The molecule has 32 heavy (non-hydrogen) atoms. The highest BCUT2D eigenvalue weighted by Crippen LogP contribution is 2.23. The summed E-state index contributed by atoms with van der Waals surface area (Å²) in [5.41, 5.74) is 1.61. The SMILES string of the molecule is O=[N+]([O-])c1ccc(C=NC(N=Cc2ccc([N+](=O)[O-])cc2)c2ccc([N+](=O)[O-])cc2)cc1. The third kappa shape index (κ3) is 5.63. The number of hydrogen-bond donors (Lipinski definition) is 0. The summed E-state index contributed by atoms with van der Waals surface area (Å²) in [6.45, 7) is 0. The Labute approximate surface area is 180 Å². The topological polar surface area (TPSA) is 154 Å². The average molecular weight is 433 g/mol. The highest BCUT2D eigenvalue weighted by molar-refractivity contribution is 5.82. The fourth-order valence-electron chi connectivity index (χ4n) is 2.66. The van der Waals surface area contributed by atoms with Crippen LogP contribution in [0.1, 0.15) is 22.9 Å². The molecular formula is C21H15N5O6. The van der Waals surface area contributed by atoms with Crippen LogP contribution in [0.5, 0.6) is 0 Å². The predicted octanol–water partition coefficient (Wildman–Crippen LogP) is 4.65. The number of rotatable bonds is 8. The quantitative estimate of drug-likeness (QED) is 0.286. The minimum atomic E-state index is -0.763. The largest absolute Gasteiger partial charge is 0.269 e. The number of non-ortho nitro benzene ring substituents is 3. The van der Waals surface area contributed by atoms with Gasteiger partial charge in [0.05, 0.1) is 14.8 Å². The minimum absolute atomic E-state index is 0.0507. The van der Waals surface area contributed by atoms with Crippen LogP contribution in [0.4, 0.5) is 17.1 Å². The molecule has 0 spiro atoms. The Bertz CT molecular complexity index is 1120. The second-order valence-corrected chi connectivity index (χ2v) is 6.48. The first-order valence-electron chi connectivity index (χ1n) is 9.13.